The average Bonchev–Trinajstić information content (AvgIpc) is 2.81. The van der Waals surface area contributed by atoms with Crippen LogP contribution in [-0.4, -0.2) is 17.2 Å². The van der Waals surface area contributed by atoms with E-state index in [0.29, 0.717) is 5.57 Å². The molecule has 1 heterocycles. The van der Waals surface area contributed by atoms with Crippen LogP contribution in [0.5, 0.6) is 0 Å². The molecule has 0 aromatic carbocycles. The first-order valence-electron chi connectivity index (χ1n) is 9.96. The molecule has 0 aliphatic carbocycles. The summed E-state index contributed by atoms with van der Waals surface area (Å²) in [7, 11) is 0. The molecule has 1 fully saturated rings. The minimum absolute atomic E-state index is 0.150. The fourth-order valence-corrected chi connectivity index (χ4v) is 3.13. The Kier molecular flexibility index (Phi) is 11.5. The summed E-state index contributed by atoms with van der Waals surface area (Å²) in [5.41, 5.74) is 0.360. The predicted octanol–water partition coefficient (Wildman–Crippen LogP) is 5.83. The molecule has 0 aromatic heterocycles. The standard InChI is InChI=1S/C21H36O3/c1-3-4-5-6-7-8-9-10-11-12-13-14-15-16-17-19-20(22)18(2)24-21(19)23/h17,20,22H,2-16H2,1H3/b19-17-/t20-/m0/s1. The number of aliphatic hydroxyl groups is 1. The third kappa shape index (κ3) is 8.68. The minimum Gasteiger partial charge on any atom is -0.425 e. The minimum atomic E-state index is -0.931. The fourth-order valence-electron chi connectivity index (χ4n) is 3.13. The Bertz CT molecular complexity index is 398. The van der Waals surface area contributed by atoms with Gasteiger partial charge in [-0.3, -0.25) is 0 Å². The van der Waals surface area contributed by atoms with E-state index in [4.69, 9.17) is 4.74 Å². The number of carbonyl (C=O) groups is 1. The second-order valence-electron chi connectivity index (χ2n) is 6.95. The van der Waals surface area contributed by atoms with Gasteiger partial charge in [0.25, 0.3) is 0 Å². The van der Waals surface area contributed by atoms with Crippen LogP contribution in [0.15, 0.2) is 24.0 Å². The number of hydrogen-bond donors (Lipinski definition) is 1. The van der Waals surface area contributed by atoms with Crippen LogP contribution in [0.1, 0.15) is 96.8 Å². The van der Waals surface area contributed by atoms with E-state index < -0.39 is 12.1 Å². The molecule has 1 rings (SSSR count). The van der Waals surface area contributed by atoms with Gasteiger partial charge in [0.2, 0.25) is 0 Å². The maximum absolute atomic E-state index is 11.4. The van der Waals surface area contributed by atoms with E-state index in [2.05, 4.69) is 13.5 Å². The van der Waals surface area contributed by atoms with E-state index in [-0.39, 0.29) is 5.76 Å². The van der Waals surface area contributed by atoms with Crippen LogP contribution in [0.2, 0.25) is 0 Å². The molecular weight excluding hydrogens is 300 g/mol. The van der Waals surface area contributed by atoms with Crippen LogP contribution in [0.25, 0.3) is 0 Å². The van der Waals surface area contributed by atoms with E-state index in [0.717, 1.165) is 12.8 Å². The van der Waals surface area contributed by atoms with Gasteiger partial charge in [-0.1, -0.05) is 96.6 Å². The summed E-state index contributed by atoms with van der Waals surface area (Å²) in [6.45, 7) is 5.78. The molecular formula is C21H36O3. The second kappa shape index (κ2) is 13.2. The van der Waals surface area contributed by atoms with Gasteiger partial charge in [0.1, 0.15) is 11.9 Å². The summed E-state index contributed by atoms with van der Waals surface area (Å²) >= 11 is 0. The number of cyclic esters (lactones) is 1. The molecule has 1 aliphatic rings. The summed E-state index contributed by atoms with van der Waals surface area (Å²) < 4.78 is 4.80. The molecule has 0 aromatic rings. The lowest BCUT2D eigenvalue weighted by molar-refractivity contribution is -0.132. The molecule has 0 spiro atoms. The zero-order chi connectivity index (χ0) is 17.6. The smallest absolute Gasteiger partial charge is 0.341 e. The van der Waals surface area contributed by atoms with Gasteiger partial charge in [-0.15, -0.1) is 0 Å². The van der Waals surface area contributed by atoms with Crippen LogP contribution < -0.4 is 0 Å². The lowest BCUT2D eigenvalue weighted by Gasteiger charge is -2.03. The summed E-state index contributed by atoms with van der Waals surface area (Å²) in [5, 5.41) is 9.72. The van der Waals surface area contributed by atoms with Crippen molar-refractivity contribution in [2.24, 2.45) is 0 Å². The van der Waals surface area contributed by atoms with Crippen molar-refractivity contribution >= 4 is 5.97 Å². The van der Waals surface area contributed by atoms with E-state index >= 15 is 0 Å². The predicted molar refractivity (Wildman–Crippen MR) is 99.6 cm³/mol. The van der Waals surface area contributed by atoms with Gasteiger partial charge in [0.05, 0.1) is 5.57 Å². The van der Waals surface area contributed by atoms with Gasteiger partial charge in [0.15, 0.2) is 0 Å². The van der Waals surface area contributed by atoms with E-state index in [1.807, 2.05) is 6.08 Å². The van der Waals surface area contributed by atoms with Gasteiger partial charge in [-0.2, -0.15) is 0 Å². The van der Waals surface area contributed by atoms with Crippen LogP contribution in [0, 0.1) is 0 Å². The normalized spacial score (nSPS) is 19.2. The van der Waals surface area contributed by atoms with Crippen molar-refractivity contribution in [1.29, 1.82) is 0 Å². The Morgan fingerprint density at radius 2 is 1.38 bits per heavy atom. The Morgan fingerprint density at radius 1 is 0.917 bits per heavy atom. The van der Waals surface area contributed by atoms with Crippen LogP contribution >= 0.6 is 0 Å². The van der Waals surface area contributed by atoms with Gasteiger partial charge in [-0.25, -0.2) is 4.79 Å². The first kappa shape index (κ1) is 21.0. The summed E-state index contributed by atoms with van der Waals surface area (Å²) in [5.74, 6) is -0.293. The van der Waals surface area contributed by atoms with Crippen LogP contribution in [0.3, 0.4) is 0 Å². The molecule has 0 radical (unpaired) electrons. The van der Waals surface area contributed by atoms with Crippen molar-refractivity contribution < 1.29 is 14.6 Å². The number of carbonyl (C=O) groups excluding carboxylic acids is 1. The molecule has 3 nitrogen and oxygen atoms in total. The van der Waals surface area contributed by atoms with Crippen molar-refractivity contribution in [1.82, 2.24) is 0 Å². The molecule has 0 amide bonds. The molecule has 1 atom stereocenters. The van der Waals surface area contributed by atoms with Gasteiger partial charge >= 0.3 is 5.97 Å². The summed E-state index contributed by atoms with van der Waals surface area (Å²) in [6.07, 6.45) is 19.0. The molecule has 138 valence electrons. The van der Waals surface area contributed by atoms with E-state index in [1.54, 1.807) is 0 Å². The van der Waals surface area contributed by atoms with Crippen molar-refractivity contribution in [2.45, 2.75) is 103 Å². The Hall–Kier alpha value is -1.09. The maximum atomic E-state index is 11.4. The Balaban J connectivity index is 1.87. The number of hydrogen-bond acceptors (Lipinski definition) is 3. The lowest BCUT2D eigenvalue weighted by Crippen LogP contribution is -2.07. The van der Waals surface area contributed by atoms with Crippen molar-refractivity contribution in [2.75, 3.05) is 0 Å². The zero-order valence-electron chi connectivity index (χ0n) is 15.5. The number of esters is 1. The monoisotopic (exact) mass is 336 g/mol. The quantitative estimate of drug-likeness (QED) is 0.247. The fraction of sp³-hybridized carbons (Fsp3) is 0.762. The number of aliphatic hydroxyl groups excluding tert-OH is 1. The Labute approximate surface area is 148 Å². The highest BCUT2D eigenvalue weighted by Gasteiger charge is 2.32. The number of allylic oxidation sites excluding steroid dienone is 1. The zero-order valence-corrected chi connectivity index (χ0v) is 15.5. The molecule has 1 aliphatic heterocycles. The molecule has 3 heteroatoms. The summed E-state index contributed by atoms with van der Waals surface area (Å²) in [6, 6.07) is 0. The van der Waals surface area contributed by atoms with Crippen molar-refractivity contribution in [3.05, 3.63) is 24.0 Å². The van der Waals surface area contributed by atoms with Gasteiger partial charge in [0, 0.05) is 0 Å². The number of unbranched alkanes of at least 4 members (excludes halogenated alkanes) is 13. The third-order valence-electron chi connectivity index (χ3n) is 4.73. The summed E-state index contributed by atoms with van der Waals surface area (Å²) in [4.78, 5) is 11.4. The largest absolute Gasteiger partial charge is 0.425 e. The first-order chi connectivity index (χ1) is 11.7. The molecule has 1 N–H and O–H groups in total. The maximum Gasteiger partial charge on any atom is 0.341 e. The van der Waals surface area contributed by atoms with Crippen LogP contribution in [0.4, 0.5) is 0 Å². The molecule has 1 saturated heterocycles. The molecule has 0 bridgehead atoms. The first-order valence-corrected chi connectivity index (χ1v) is 9.96. The highest BCUT2D eigenvalue weighted by molar-refractivity contribution is 5.93. The molecule has 0 unspecified atom stereocenters. The highest BCUT2D eigenvalue weighted by atomic mass is 16.6. The topological polar surface area (TPSA) is 46.5 Å². The molecule has 24 heavy (non-hydrogen) atoms. The van der Waals surface area contributed by atoms with Crippen molar-refractivity contribution in [3.8, 4) is 0 Å². The van der Waals surface area contributed by atoms with E-state index in [1.165, 1.54) is 77.0 Å². The molecule has 0 saturated carbocycles. The average molecular weight is 337 g/mol. The number of ether oxygens (including phenoxy) is 1. The number of rotatable bonds is 14. The van der Waals surface area contributed by atoms with Crippen LogP contribution in [-0.2, 0) is 9.53 Å². The van der Waals surface area contributed by atoms with Gasteiger partial charge in [-0.05, 0) is 12.8 Å². The SMILES string of the molecule is C=C1OC(=O)/C(=C\CCCCCCCCCCCCCCC)[C@H]1O. The third-order valence-corrected chi connectivity index (χ3v) is 4.73. The highest BCUT2D eigenvalue weighted by Crippen LogP contribution is 2.23. The van der Waals surface area contributed by atoms with Crippen molar-refractivity contribution in [3.63, 3.8) is 0 Å². The lowest BCUT2D eigenvalue weighted by atomic mass is 10.0. The Morgan fingerprint density at radius 3 is 1.79 bits per heavy atom. The second-order valence-corrected chi connectivity index (χ2v) is 6.95. The van der Waals surface area contributed by atoms with Gasteiger partial charge < -0.3 is 9.84 Å². The van der Waals surface area contributed by atoms with E-state index in [9.17, 15) is 9.90 Å².